The van der Waals surface area contributed by atoms with E-state index in [1.807, 2.05) is 0 Å². The Morgan fingerprint density at radius 3 is 2.52 bits per heavy atom. The van der Waals surface area contributed by atoms with Crippen LogP contribution in [0.2, 0.25) is 0 Å². The molecule has 0 spiro atoms. The van der Waals surface area contributed by atoms with Gasteiger partial charge in [-0.25, -0.2) is 0 Å². The summed E-state index contributed by atoms with van der Waals surface area (Å²) in [5, 5.41) is 2.87. The lowest BCUT2D eigenvalue weighted by Gasteiger charge is -2.58. The average molecular weight is 372 g/mol. The van der Waals surface area contributed by atoms with Crippen LogP contribution in [-0.2, 0) is 14.4 Å². The normalized spacial score (nSPS) is 43.9. The van der Waals surface area contributed by atoms with Crippen molar-refractivity contribution in [2.75, 3.05) is 0 Å². The third-order valence-electron chi connectivity index (χ3n) is 8.79. The van der Waals surface area contributed by atoms with Gasteiger partial charge in [0.1, 0.15) is 5.78 Å². The summed E-state index contributed by atoms with van der Waals surface area (Å²) in [5.74, 6) is 2.54. The molecule has 148 valence electrons. The number of nitrogens with one attached hydrogen (secondary N) is 1. The van der Waals surface area contributed by atoms with Crippen molar-refractivity contribution in [2.24, 2.45) is 34.5 Å². The quantitative estimate of drug-likeness (QED) is 0.792. The number of allylic oxidation sites excluding steroid dienone is 1. The predicted molar refractivity (Wildman–Crippen MR) is 104 cm³/mol. The molecule has 1 N–H and O–H groups in total. The highest BCUT2D eigenvalue weighted by Gasteiger charge is 2.62. The van der Waals surface area contributed by atoms with Crippen LogP contribution in [0.5, 0.6) is 0 Å². The van der Waals surface area contributed by atoms with Crippen molar-refractivity contribution in [1.82, 2.24) is 5.32 Å². The van der Waals surface area contributed by atoms with E-state index in [-0.39, 0.29) is 22.5 Å². The Hall–Kier alpha value is -1.45. The molecule has 3 saturated carbocycles. The number of amides is 1. The first kappa shape index (κ1) is 18.9. The van der Waals surface area contributed by atoms with Crippen molar-refractivity contribution in [2.45, 2.75) is 79.1 Å². The molecule has 6 atom stereocenters. The highest BCUT2D eigenvalue weighted by Crippen LogP contribution is 2.66. The van der Waals surface area contributed by atoms with Crippen molar-refractivity contribution in [1.29, 1.82) is 0 Å². The lowest BCUT2D eigenvalue weighted by molar-refractivity contribution is -0.133. The Morgan fingerprint density at radius 2 is 1.85 bits per heavy atom. The van der Waals surface area contributed by atoms with Crippen molar-refractivity contribution < 1.29 is 14.4 Å². The summed E-state index contributed by atoms with van der Waals surface area (Å²) in [6, 6.07) is 0. The van der Waals surface area contributed by atoms with E-state index in [2.05, 4.69) is 26.1 Å². The fraction of sp³-hybridized carbons (Fsp3) is 0.783. The van der Waals surface area contributed by atoms with E-state index in [4.69, 9.17) is 0 Å². The summed E-state index contributed by atoms with van der Waals surface area (Å²) in [6.07, 6.45) is 7.25. The van der Waals surface area contributed by atoms with Gasteiger partial charge in [0.2, 0.25) is 5.91 Å². The number of fused-ring (bicyclic) bond motifs is 5. The maximum atomic E-state index is 12.9. The van der Waals surface area contributed by atoms with E-state index in [1.165, 1.54) is 12.5 Å². The van der Waals surface area contributed by atoms with Crippen LogP contribution >= 0.6 is 0 Å². The summed E-state index contributed by atoms with van der Waals surface area (Å²) < 4.78 is 0. The second kappa shape index (κ2) is 6.28. The summed E-state index contributed by atoms with van der Waals surface area (Å²) in [6.45, 7) is 8.28. The van der Waals surface area contributed by atoms with Gasteiger partial charge in [0.05, 0.1) is 5.70 Å². The highest BCUT2D eigenvalue weighted by molar-refractivity contribution is 6.00. The minimum Gasteiger partial charge on any atom is -0.323 e. The number of hydrogen-bond donors (Lipinski definition) is 1. The first-order valence-corrected chi connectivity index (χ1v) is 10.8. The first-order valence-electron chi connectivity index (χ1n) is 10.8. The average Bonchev–Trinajstić information content (AvgIpc) is 2.88. The summed E-state index contributed by atoms with van der Waals surface area (Å²) in [5.41, 5.74) is 1.64. The molecular weight excluding hydrogens is 338 g/mol. The van der Waals surface area contributed by atoms with Crippen molar-refractivity contribution in [3.05, 3.63) is 11.3 Å². The van der Waals surface area contributed by atoms with Crippen LogP contribution in [0.3, 0.4) is 0 Å². The van der Waals surface area contributed by atoms with E-state index >= 15 is 0 Å². The van der Waals surface area contributed by atoms with E-state index in [0.717, 1.165) is 44.9 Å². The number of ketones is 2. The van der Waals surface area contributed by atoms with Gasteiger partial charge in [0, 0.05) is 25.2 Å². The monoisotopic (exact) mass is 371 g/mol. The highest BCUT2D eigenvalue weighted by atomic mass is 16.2. The molecule has 4 aliphatic rings. The maximum absolute atomic E-state index is 12.9. The largest absolute Gasteiger partial charge is 0.323 e. The van der Waals surface area contributed by atoms with E-state index in [1.54, 1.807) is 0 Å². The SMILES string of the molecule is CC[C@H]1CC(=O)[C@@]2(C)CC[C@H]3[C@@H](CCC4=C(NC(C)=O)C(=O)CC[C@@]43C)[C@H]12. The standard InChI is InChI=1S/C23H33NO3/c1-5-14-12-19(27)23(4)10-8-16-15(20(14)23)6-7-17-21(24-13(2)25)18(26)9-11-22(16,17)3/h14-16,20H,5-12H2,1-4H3,(H,24,25)/t14-,15+,16-,20-,22+,23+/m0/s1. The molecule has 0 radical (unpaired) electrons. The van der Waals surface area contributed by atoms with Gasteiger partial charge in [0.25, 0.3) is 0 Å². The minimum atomic E-state index is -0.152. The fourth-order valence-corrected chi connectivity index (χ4v) is 7.48. The minimum absolute atomic E-state index is 0.0140. The van der Waals surface area contributed by atoms with E-state index in [9.17, 15) is 14.4 Å². The zero-order valence-electron chi connectivity index (χ0n) is 17.2. The molecule has 0 saturated heterocycles. The van der Waals surface area contributed by atoms with Crippen LogP contribution in [0, 0.1) is 34.5 Å². The van der Waals surface area contributed by atoms with Crippen LogP contribution in [0.1, 0.15) is 79.1 Å². The lowest BCUT2D eigenvalue weighted by Crippen LogP contribution is -2.53. The van der Waals surface area contributed by atoms with Crippen molar-refractivity contribution in [3.8, 4) is 0 Å². The number of Topliss-reactive ketones (excluding diaryl/α,β-unsaturated/α-hetero) is 2. The Labute approximate surface area is 162 Å². The van der Waals surface area contributed by atoms with Gasteiger partial charge < -0.3 is 5.32 Å². The topological polar surface area (TPSA) is 63.2 Å². The van der Waals surface area contributed by atoms with Gasteiger partial charge >= 0.3 is 0 Å². The number of hydrogen-bond acceptors (Lipinski definition) is 3. The molecular formula is C23H33NO3. The summed E-state index contributed by atoms with van der Waals surface area (Å²) in [7, 11) is 0. The van der Waals surface area contributed by atoms with Gasteiger partial charge in [-0.3, -0.25) is 14.4 Å². The fourth-order valence-electron chi connectivity index (χ4n) is 7.48. The van der Waals surface area contributed by atoms with Crippen LogP contribution < -0.4 is 5.32 Å². The van der Waals surface area contributed by atoms with Gasteiger partial charge in [-0.2, -0.15) is 0 Å². The van der Waals surface area contributed by atoms with Crippen LogP contribution in [-0.4, -0.2) is 17.5 Å². The molecule has 4 nitrogen and oxygen atoms in total. The Morgan fingerprint density at radius 1 is 1.11 bits per heavy atom. The molecule has 0 heterocycles. The zero-order chi connectivity index (χ0) is 19.6. The van der Waals surface area contributed by atoms with Crippen LogP contribution in [0.15, 0.2) is 11.3 Å². The number of carbonyl (C=O) groups excluding carboxylic acids is 3. The molecule has 0 aromatic rings. The van der Waals surface area contributed by atoms with Crippen molar-refractivity contribution in [3.63, 3.8) is 0 Å². The van der Waals surface area contributed by atoms with Gasteiger partial charge in [-0.05, 0) is 66.8 Å². The number of rotatable bonds is 2. The predicted octanol–water partition coefficient (Wildman–Crippen LogP) is 4.19. The van der Waals surface area contributed by atoms with Crippen LogP contribution in [0.4, 0.5) is 0 Å². The first-order chi connectivity index (χ1) is 12.7. The Bertz CT molecular complexity index is 738. The third kappa shape index (κ3) is 2.58. The lowest BCUT2D eigenvalue weighted by atomic mass is 9.46. The number of carbonyl (C=O) groups is 3. The third-order valence-corrected chi connectivity index (χ3v) is 8.79. The molecule has 4 heteroatoms. The summed E-state index contributed by atoms with van der Waals surface area (Å²) >= 11 is 0. The molecule has 27 heavy (non-hydrogen) atoms. The Kier molecular flexibility index (Phi) is 4.40. The molecule has 1 amide bonds. The zero-order valence-corrected chi connectivity index (χ0v) is 17.2. The molecule has 0 unspecified atom stereocenters. The maximum Gasteiger partial charge on any atom is 0.221 e. The molecule has 4 aliphatic carbocycles. The Balaban J connectivity index is 1.74. The molecule has 0 bridgehead atoms. The van der Waals surface area contributed by atoms with Gasteiger partial charge in [0.15, 0.2) is 5.78 Å². The second-order valence-electron chi connectivity index (χ2n) is 9.96. The van der Waals surface area contributed by atoms with E-state index in [0.29, 0.717) is 41.6 Å². The van der Waals surface area contributed by atoms with Gasteiger partial charge in [-0.1, -0.05) is 27.2 Å². The second-order valence-corrected chi connectivity index (χ2v) is 9.96. The molecule has 0 aromatic carbocycles. The molecule has 0 aromatic heterocycles. The molecule has 3 fully saturated rings. The van der Waals surface area contributed by atoms with Crippen molar-refractivity contribution >= 4 is 17.5 Å². The molecule has 0 aliphatic heterocycles. The smallest absolute Gasteiger partial charge is 0.221 e. The van der Waals surface area contributed by atoms with Crippen LogP contribution in [0.25, 0.3) is 0 Å². The van der Waals surface area contributed by atoms with Gasteiger partial charge in [-0.15, -0.1) is 0 Å². The van der Waals surface area contributed by atoms with E-state index < -0.39 is 0 Å². The molecule has 4 rings (SSSR count). The summed E-state index contributed by atoms with van der Waals surface area (Å²) in [4.78, 5) is 37.1.